The number of rotatable bonds is 10. The summed E-state index contributed by atoms with van der Waals surface area (Å²) in [5.41, 5.74) is 0. The first-order chi connectivity index (χ1) is 9.24. The van der Waals surface area contributed by atoms with Crippen LogP contribution in [0.3, 0.4) is 0 Å². The largest absolute Gasteiger partial charge is 0.314 e. The van der Waals surface area contributed by atoms with Crippen molar-refractivity contribution in [1.82, 2.24) is 10.2 Å². The van der Waals surface area contributed by atoms with Crippen LogP contribution in [0.15, 0.2) is 15.9 Å². The van der Waals surface area contributed by atoms with Gasteiger partial charge in [0.15, 0.2) is 0 Å². The Hall–Kier alpha value is 0.1000. The Labute approximate surface area is 129 Å². The highest BCUT2D eigenvalue weighted by Gasteiger charge is 2.19. The summed E-state index contributed by atoms with van der Waals surface area (Å²) in [6.07, 6.45) is 8.22. The smallest absolute Gasteiger partial charge is 0.0325 e. The van der Waals surface area contributed by atoms with Gasteiger partial charge in [-0.2, -0.15) is 0 Å². The zero-order chi connectivity index (χ0) is 13.5. The highest BCUT2D eigenvalue weighted by molar-refractivity contribution is 9.10. The summed E-state index contributed by atoms with van der Waals surface area (Å²) >= 11 is 5.35. The van der Waals surface area contributed by atoms with Gasteiger partial charge in [0.1, 0.15) is 0 Å². The first-order valence-corrected chi connectivity index (χ1v) is 9.06. The molecule has 0 aliphatic heterocycles. The van der Waals surface area contributed by atoms with E-state index in [2.05, 4.69) is 44.6 Å². The molecule has 0 bridgehead atoms. The molecule has 1 aliphatic carbocycles. The summed E-state index contributed by atoms with van der Waals surface area (Å²) in [4.78, 5) is 3.88. The summed E-state index contributed by atoms with van der Waals surface area (Å²) < 4.78 is 1.21. The topological polar surface area (TPSA) is 15.3 Å². The first kappa shape index (κ1) is 15.5. The maximum Gasteiger partial charge on any atom is 0.0325 e. The minimum atomic E-state index is 0.872. The summed E-state index contributed by atoms with van der Waals surface area (Å²) in [6, 6.07) is 3.10. The van der Waals surface area contributed by atoms with Gasteiger partial charge in [-0.05, 0) is 67.8 Å². The third-order valence-corrected chi connectivity index (χ3v) is 5.21. The van der Waals surface area contributed by atoms with Crippen LogP contribution in [-0.4, -0.2) is 31.1 Å². The predicted octanol–water partition coefficient (Wildman–Crippen LogP) is 4.25. The van der Waals surface area contributed by atoms with E-state index in [1.54, 1.807) is 0 Å². The van der Waals surface area contributed by atoms with Gasteiger partial charge in [0.25, 0.3) is 0 Å². The molecule has 2 rings (SSSR count). The second-order valence-electron chi connectivity index (χ2n) is 5.61. The number of hydrogen-bond donors (Lipinski definition) is 1. The molecule has 0 radical (unpaired) electrons. The van der Waals surface area contributed by atoms with Crippen LogP contribution >= 0.6 is 27.3 Å². The van der Waals surface area contributed by atoms with Crippen molar-refractivity contribution in [3.05, 3.63) is 20.8 Å². The number of nitrogens with zero attached hydrogens (tertiary/aromatic N) is 1. The van der Waals surface area contributed by atoms with Gasteiger partial charge >= 0.3 is 0 Å². The second kappa shape index (κ2) is 8.40. The molecule has 0 aromatic carbocycles. The van der Waals surface area contributed by atoms with Gasteiger partial charge in [-0.25, -0.2) is 0 Å². The molecule has 2 nitrogen and oxygen atoms in total. The summed E-state index contributed by atoms with van der Waals surface area (Å²) in [6.45, 7) is 3.52. The fraction of sp³-hybridized carbons (Fsp3) is 0.733. The van der Waals surface area contributed by atoms with Crippen LogP contribution in [0.1, 0.15) is 43.4 Å². The lowest BCUT2D eigenvalue weighted by atomic mass is 10.2. The van der Waals surface area contributed by atoms with E-state index in [9.17, 15) is 0 Å². The molecule has 0 amide bonds. The number of halogens is 1. The highest BCUT2D eigenvalue weighted by Crippen LogP contribution is 2.21. The molecule has 0 atom stereocenters. The van der Waals surface area contributed by atoms with E-state index >= 15 is 0 Å². The monoisotopic (exact) mass is 344 g/mol. The van der Waals surface area contributed by atoms with Gasteiger partial charge < -0.3 is 10.2 Å². The molecule has 1 aliphatic rings. The molecule has 1 heterocycles. The van der Waals surface area contributed by atoms with E-state index < -0.39 is 0 Å². The number of unbranched alkanes of at least 4 members (excludes halogenated alkanes) is 3. The third kappa shape index (κ3) is 6.89. The molecule has 0 unspecified atom stereocenters. The van der Waals surface area contributed by atoms with E-state index in [0.717, 1.165) is 12.6 Å². The molecule has 1 fully saturated rings. The number of thiophene rings is 1. The Morgan fingerprint density at radius 3 is 2.79 bits per heavy atom. The van der Waals surface area contributed by atoms with Crippen molar-refractivity contribution in [2.24, 2.45) is 0 Å². The van der Waals surface area contributed by atoms with Crippen LogP contribution in [0.4, 0.5) is 0 Å². The second-order valence-corrected chi connectivity index (χ2v) is 7.52. The Bertz CT molecular complexity index is 363. The fourth-order valence-electron chi connectivity index (χ4n) is 2.24. The molecule has 0 spiro atoms. The van der Waals surface area contributed by atoms with Gasteiger partial charge in [0.2, 0.25) is 0 Å². The Morgan fingerprint density at radius 1 is 1.32 bits per heavy atom. The average Bonchev–Trinajstić information content (AvgIpc) is 3.11. The standard InChI is InChI=1S/C15H25BrN2S/c1-18(11-15-10-13(16)12-19-15)9-5-3-2-4-8-17-14-6-7-14/h10,12,14,17H,2-9,11H2,1H3. The van der Waals surface area contributed by atoms with Crippen molar-refractivity contribution in [3.63, 3.8) is 0 Å². The lowest BCUT2D eigenvalue weighted by molar-refractivity contribution is 0.319. The van der Waals surface area contributed by atoms with Crippen molar-refractivity contribution in [2.75, 3.05) is 20.1 Å². The van der Waals surface area contributed by atoms with E-state index in [-0.39, 0.29) is 0 Å². The van der Waals surface area contributed by atoms with E-state index in [1.807, 2.05) is 11.3 Å². The molecule has 1 aromatic rings. The van der Waals surface area contributed by atoms with Gasteiger partial charge in [0, 0.05) is 27.3 Å². The predicted molar refractivity (Wildman–Crippen MR) is 87.8 cm³/mol. The van der Waals surface area contributed by atoms with Gasteiger partial charge in [-0.3, -0.25) is 0 Å². The van der Waals surface area contributed by atoms with Crippen LogP contribution in [0.25, 0.3) is 0 Å². The molecule has 1 aromatic heterocycles. The Morgan fingerprint density at radius 2 is 2.11 bits per heavy atom. The molecule has 19 heavy (non-hydrogen) atoms. The lowest BCUT2D eigenvalue weighted by Crippen LogP contribution is -2.19. The SMILES string of the molecule is CN(CCCCCCNC1CC1)Cc1cc(Br)cs1. The zero-order valence-electron chi connectivity index (χ0n) is 11.8. The van der Waals surface area contributed by atoms with Gasteiger partial charge in [-0.1, -0.05) is 12.8 Å². The van der Waals surface area contributed by atoms with Crippen LogP contribution in [0.2, 0.25) is 0 Å². The number of nitrogens with one attached hydrogen (secondary N) is 1. The number of hydrogen-bond acceptors (Lipinski definition) is 3. The molecule has 1 saturated carbocycles. The quantitative estimate of drug-likeness (QED) is 0.638. The Kier molecular flexibility index (Phi) is 6.85. The third-order valence-electron chi connectivity index (χ3n) is 3.52. The molecule has 108 valence electrons. The first-order valence-electron chi connectivity index (χ1n) is 7.39. The fourth-order valence-corrected chi connectivity index (χ4v) is 3.77. The van der Waals surface area contributed by atoms with Crippen LogP contribution in [0, 0.1) is 0 Å². The van der Waals surface area contributed by atoms with E-state index in [0.29, 0.717) is 0 Å². The molecule has 4 heteroatoms. The van der Waals surface area contributed by atoms with E-state index in [1.165, 1.54) is 61.0 Å². The van der Waals surface area contributed by atoms with Crippen molar-refractivity contribution in [1.29, 1.82) is 0 Å². The van der Waals surface area contributed by atoms with E-state index in [4.69, 9.17) is 0 Å². The Balaban J connectivity index is 1.43. The summed E-state index contributed by atoms with van der Waals surface area (Å²) in [5, 5.41) is 5.74. The van der Waals surface area contributed by atoms with Crippen LogP contribution in [0.5, 0.6) is 0 Å². The summed E-state index contributed by atoms with van der Waals surface area (Å²) in [5.74, 6) is 0. The van der Waals surface area contributed by atoms with Crippen molar-refractivity contribution in [2.45, 2.75) is 51.1 Å². The van der Waals surface area contributed by atoms with Gasteiger partial charge in [-0.15, -0.1) is 11.3 Å². The summed E-state index contributed by atoms with van der Waals surface area (Å²) in [7, 11) is 2.22. The highest BCUT2D eigenvalue weighted by atomic mass is 79.9. The zero-order valence-corrected chi connectivity index (χ0v) is 14.2. The van der Waals surface area contributed by atoms with Crippen LogP contribution in [-0.2, 0) is 6.54 Å². The normalized spacial score (nSPS) is 15.3. The average molecular weight is 345 g/mol. The van der Waals surface area contributed by atoms with Crippen molar-refractivity contribution >= 4 is 27.3 Å². The molecular weight excluding hydrogens is 320 g/mol. The minimum Gasteiger partial charge on any atom is -0.314 e. The lowest BCUT2D eigenvalue weighted by Gasteiger charge is -2.15. The molecular formula is C15H25BrN2S. The van der Waals surface area contributed by atoms with Gasteiger partial charge in [0.05, 0.1) is 0 Å². The maximum absolute atomic E-state index is 3.58. The van der Waals surface area contributed by atoms with Crippen molar-refractivity contribution < 1.29 is 0 Å². The molecule has 0 saturated heterocycles. The molecule has 1 N–H and O–H groups in total. The maximum atomic E-state index is 3.58. The van der Waals surface area contributed by atoms with Crippen LogP contribution < -0.4 is 5.32 Å². The van der Waals surface area contributed by atoms with Crippen molar-refractivity contribution in [3.8, 4) is 0 Å². The minimum absolute atomic E-state index is 0.872.